The lowest BCUT2D eigenvalue weighted by Gasteiger charge is -2.45. The molecule has 0 radical (unpaired) electrons. The summed E-state index contributed by atoms with van der Waals surface area (Å²) >= 11 is 0. The lowest BCUT2D eigenvalue weighted by atomic mass is 9.75. The molecule has 0 spiro atoms. The number of aliphatic carboxylic acids is 1. The van der Waals surface area contributed by atoms with Crippen LogP contribution in [0.25, 0.3) is 0 Å². The second kappa shape index (κ2) is 7.56. The van der Waals surface area contributed by atoms with Gasteiger partial charge >= 0.3 is 5.97 Å². The summed E-state index contributed by atoms with van der Waals surface area (Å²) in [6, 6.07) is 0. The second-order valence-corrected chi connectivity index (χ2v) is 8.38. The van der Waals surface area contributed by atoms with Crippen LogP contribution in [0.1, 0.15) is 45.4 Å². The van der Waals surface area contributed by atoms with Gasteiger partial charge in [0.15, 0.2) is 0 Å². The van der Waals surface area contributed by atoms with Crippen LogP contribution in [0, 0.1) is 5.92 Å². The first-order chi connectivity index (χ1) is 9.67. The predicted octanol–water partition coefficient (Wildman–Crippen LogP) is 1.28. The molecule has 1 aliphatic rings. The molecule has 6 nitrogen and oxygen atoms in total. The number of rotatable bonds is 8. The molecule has 2 atom stereocenters. The van der Waals surface area contributed by atoms with Gasteiger partial charge < -0.3 is 10.0 Å². The van der Waals surface area contributed by atoms with Gasteiger partial charge in [-0.15, -0.1) is 0 Å². The van der Waals surface area contributed by atoms with E-state index in [1.165, 1.54) is 6.42 Å². The summed E-state index contributed by atoms with van der Waals surface area (Å²) in [4.78, 5) is 12.6. The zero-order valence-corrected chi connectivity index (χ0v) is 14.1. The highest BCUT2D eigenvalue weighted by atomic mass is 32.2. The number of hydrogen-bond acceptors (Lipinski definition) is 4. The standard InChI is InChI=1S/C14H28N2O4S/c1-12-6-4-8-14(10-12,16(2)3)11-15-21(19,20)9-5-7-13(17)18/h12,15H,4-11H2,1-3H3,(H,17,18). The van der Waals surface area contributed by atoms with Crippen molar-refractivity contribution >= 4 is 16.0 Å². The summed E-state index contributed by atoms with van der Waals surface area (Å²) < 4.78 is 26.6. The summed E-state index contributed by atoms with van der Waals surface area (Å²) in [5, 5.41) is 8.57. The first kappa shape index (κ1) is 18.4. The number of hydrogen-bond donors (Lipinski definition) is 2. The molecular weight excluding hydrogens is 292 g/mol. The maximum absolute atomic E-state index is 12.0. The van der Waals surface area contributed by atoms with E-state index >= 15 is 0 Å². The summed E-state index contributed by atoms with van der Waals surface area (Å²) in [6.07, 6.45) is 4.31. The van der Waals surface area contributed by atoms with Crippen molar-refractivity contribution in [3.8, 4) is 0 Å². The van der Waals surface area contributed by atoms with Gasteiger partial charge in [-0.2, -0.15) is 0 Å². The van der Waals surface area contributed by atoms with Gasteiger partial charge in [-0.3, -0.25) is 4.79 Å². The summed E-state index contributed by atoms with van der Waals surface area (Å²) in [5.41, 5.74) is -0.127. The minimum atomic E-state index is -3.41. The van der Waals surface area contributed by atoms with Crippen molar-refractivity contribution in [1.82, 2.24) is 9.62 Å². The minimum Gasteiger partial charge on any atom is -0.481 e. The number of nitrogens with one attached hydrogen (secondary N) is 1. The summed E-state index contributed by atoms with van der Waals surface area (Å²) in [5.74, 6) is -0.494. The van der Waals surface area contributed by atoms with Crippen LogP contribution in [0.5, 0.6) is 0 Å². The molecule has 0 aliphatic heterocycles. The SMILES string of the molecule is CC1CCCC(CNS(=O)(=O)CCCC(=O)O)(N(C)C)C1. The maximum atomic E-state index is 12.0. The van der Waals surface area contributed by atoms with Gasteiger partial charge in [-0.05, 0) is 39.3 Å². The zero-order chi connectivity index (χ0) is 16.1. The number of carboxylic acids is 1. The van der Waals surface area contributed by atoms with Crippen molar-refractivity contribution < 1.29 is 18.3 Å². The molecule has 1 rings (SSSR count). The Kier molecular flexibility index (Phi) is 6.62. The molecule has 0 aromatic rings. The van der Waals surface area contributed by atoms with Gasteiger partial charge in [-0.25, -0.2) is 13.1 Å². The van der Waals surface area contributed by atoms with Crippen molar-refractivity contribution in [3.05, 3.63) is 0 Å². The van der Waals surface area contributed by atoms with E-state index in [4.69, 9.17) is 5.11 Å². The van der Waals surface area contributed by atoms with Crippen LogP contribution in [-0.2, 0) is 14.8 Å². The van der Waals surface area contributed by atoms with Crippen LogP contribution in [0.2, 0.25) is 0 Å². The molecule has 1 aliphatic carbocycles. The van der Waals surface area contributed by atoms with Crippen molar-refractivity contribution in [2.24, 2.45) is 5.92 Å². The van der Waals surface area contributed by atoms with Crippen molar-refractivity contribution in [1.29, 1.82) is 0 Å². The number of carboxylic acid groups (broad SMARTS) is 1. The molecule has 0 bridgehead atoms. The number of sulfonamides is 1. The summed E-state index contributed by atoms with van der Waals surface area (Å²) in [6.45, 7) is 2.61. The molecule has 124 valence electrons. The molecule has 0 aromatic heterocycles. The van der Waals surface area contributed by atoms with Gasteiger partial charge in [0.2, 0.25) is 10.0 Å². The van der Waals surface area contributed by atoms with E-state index < -0.39 is 16.0 Å². The van der Waals surface area contributed by atoms with Crippen LogP contribution < -0.4 is 4.72 Å². The van der Waals surface area contributed by atoms with E-state index in [0.29, 0.717) is 12.5 Å². The Balaban J connectivity index is 2.58. The molecular formula is C14H28N2O4S. The van der Waals surface area contributed by atoms with Gasteiger partial charge in [0.05, 0.1) is 5.75 Å². The van der Waals surface area contributed by atoms with Crippen molar-refractivity contribution in [2.75, 3.05) is 26.4 Å². The van der Waals surface area contributed by atoms with Crippen LogP contribution in [0.3, 0.4) is 0 Å². The summed E-state index contributed by atoms with van der Waals surface area (Å²) in [7, 11) is 0.588. The number of carbonyl (C=O) groups is 1. The Hall–Kier alpha value is -0.660. The minimum absolute atomic E-state index is 0.114. The Bertz CT molecular complexity index is 450. The molecule has 0 saturated heterocycles. The number of likely N-dealkylation sites (N-methyl/N-ethyl adjacent to an activating group) is 1. The Morgan fingerprint density at radius 1 is 1.43 bits per heavy atom. The Morgan fingerprint density at radius 3 is 2.62 bits per heavy atom. The van der Waals surface area contributed by atoms with Crippen LogP contribution in [-0.4, -0.2) is 56.3 Å². The zero-order valence-electron chi connectivity index (χ0n) is 13.3. The first-order valence-corrected chi connectivity index (χ1v) is 9.19. The first-order valence-electron chi connectivity index (χ1n) is 7.53. The molecule has 2 unspecified atom stereocenters. The fourth-order valence-electron chi connectivity index (χ4n) is 3.09. The molecule has 1 saturated carbocycles. The van der Waals surface area contributed by atoms with Gasteiger partial charge in [0.1, 0.15) is 0 Å². The molecule has 7 heteroatoms. The lowest BCUT2D eigenvalue weighted by molar-refractivity contribution is -0.137. The molecule has 0 heterocycles. The molecule has 1 fully saturated rings. The third-order valence-corrected chi connectivity index (χ3v) is 5.85. The smallest absolute Gasteiger partial charge is 0.303 e. The van der Waals surface area contributed by atoms with E-state index in [9.17, 15) is 13.2 Å². The fourth-order valence-corrected chi connectivity index (χ4v) is 4.24. The van der Waals surface area contributed by atoms with Gasteiger partial charge in [0, 0.05) is 18.5 Å². The van der Waals surface area contributed by atoms with Crippen LogP contribution >= 0.6 is 0 Å². The van der Waals surface area contributed by atoms with E-state index in [0.717, 1.165) is 19.3 Å². The molecule has 0 aromatic carbocycles. The van der Waals surface area contributed by atoms with Crippen molar-refractivity contribution in [3.63, 3.8) is 0 Å². The highest BCUT2D eigenvalue weighted by Gasteiger charge is 2.37. The average Bonchev–Trinajstić information content (AvgIpc) is 2.35. The van der Waals surface area contributed by atoms with Gasteiger partial charge in [0.25, 0.3) is 0 Å². The molecule has 0 amide bonds. The number of nitrogens with zero attached hydrogens (tertiary/aromatic N) is 1. The van der Waals surface area contributed by atoms with E-state index in [-0.39, 0.29) is 24.1 Å². The molecule has 21 heavy (non-hydrogen) atoms. The topological polar surface area (TPSA) is 86.7 Å². The van der Waals surface area contributed by atoms with Crippen molar-refractivity contribution in [2.45, 2.75) is 51.0 Å². The van der Waals surface area contributed by atoms with Gasteiger partial charge in [-0.1, -0.05) is 19.8 Å². The van der Waals surface area contributed by atoms with E-state index in [2.05, 4.69) is 16.5 Å². The van der Waals surface area contributed by atoms with Crippen LogP contribution in [0.4, 0.5) is 0 Å². The quantitative estimate of drug-likeness (QED) is 0.703. The van der Waals surface area contributed by atoms with E-state index in [1.807, 2.05) is 14.1 Å². The van der Waals surface area contributed by atoms with Crippen LogP contribution in [0.15, 0.2) is 0 Å². The lowest BCUT2D eigenvalue weighted by Crippen LogP contribution is -2.55. The Labute approximate surface area is 128 Å². The average molecular weight is 320 g/mol. The second-order valence-electron chi connectivity index (χ2n) is 6.46. The maximum Gasteiger partial charge on any atom is 0.303 e. The third-order valence-electron chi connectivity index (χ3n) is 4.44. The highest BCUT2D eigenvalue weighted by molar-refractivity contribution is 7.89. The van der Waals surface area contributed by atoms with E-state index in [1.54, 1.807) is 0 Å². The third kappa shape index (κ3) is 5.92. The normalized spacial score (nSPS) is 27.0. The predicted molar refractivity (Wildman–Crippen MR) is 82.7 cm³/mol. The molecule has 2 N–H and O–H groups in total. The monoisotopic (exact) mass is 320 g/mol. The highest BCUT2D eigenvalue weighted by Crippen LogP contribution is 2.35. The fraction of sp³-hybridized carbons (Fsp3) is 0.929. The largest absolute Gasteiger partial charge is 0.481 e. The Morgan fingerprint density at radius 2 is 2.10 bits per heavy atom.